The van der Waals surface area contributed by atoms with Gasteiger partial charge in [0, 0.05) is 59.9 Å². The summed E-state index contributed by atoms with van der Waals surface area (Å²) < 4.78 is 100. The highest BCUT2D eigenvalue weighted by molar-refractivity contribution is 6.25. The first-order valence-corrected chi connectivity index (χ1v) is 26.0. The van der Waals surface area contributed by atoms with Gasteiger partial charge in [-0.1, -0.05) is 176 Å². The molecule has 0 N–H and O–H groups in total. The van der Waals surface area contributed by atoms with Gasteiger partial charge >= 0.3 is 12.4 Å². The zero-order valence-corrected chi connectivity index (χ0v) is 42.0. The number of nitriles is 1. The van der Waals surface area contributed by atoms with Gasteiger partial charge in [-0.25, -0.2) is 0 Å². The number of hydrogen-bond donors (Lipinski definition) is 0. The molecule has 4 heterocycles. The van der Waals surface area contributed by atoms with E-state index in [1.54, 1.807) is 0 Å². The zero-order valence-electron chi connectivity index (χ0n) is 42.0. The number of para-hydroxylation sites is 5. The van der Waals surface area contributed by atoms with Crippen LogP contribution in [0.25, 0.3) is 132 Å². The van der Waals surface area contributed by atoms with Gasteiger partial charge in [0.1, 0.15) is 6.07 Å². The van der Waals surface area contributed by atoms with Crippen molar-refractivity contribution < 1.29 is 26.3 Å². The summed E-state index contributed by atoms with van der Waals surface area (Å²) in [4.78, 5) is 0. The van der Waals surface area contributed by atoms with Gasteiger partial charge in [-0.3, -0.25) is 0 Å². The van der Waals surface area contributed by atoms with Crippen LogP contribution in [0, 0.1) is 11.3 Å². The Balaban J connectivity index is 1.33. The van der Waals surface area contributed by atoms with E-state index in [4.69, 9.17) is 0 Å². The van der Waals surface area contributed by atoms with Gasteiger partial charge in [-0.2, -0.15) is 31.6 Å². The van der Waals surface area contributed by atoms with Gasteiger partial charge < -0.3 is 18.3 Å². The molecule has 11 heteroatoms. The number of aromatic nitrogens is 4. The third kappa shape index (κ3) is 6.78. The van der Waals surface area contributed by atoms with Crippen molar-refractivity contribution in [1.82, 2.24) is 18.3 Å². The molecule has 11 aromatic carbocycles. The molecule has 0 fully saturated rings. The van der Waals surface area contributed by atoms with Crippen LogP contribution in [0.4, 0.5) is 26.3 Å². The molecule has 0 saturated carbocycles. The number of nitrogens with zero attached hydrogens (tertiary/aromatic N) is 5. The molecule has 4 aromatic heterocycles. The predicted molar refractivity (Wildman–Crippen MR) is 309 cm³/mol. The normalized spacial score (nSPS) is 12.4. The summed E-state index contributed by atoms with van der Waals surface area (Å²) in [6.07, 6.45) is -9.52. The highest BCUT2D eigenvalue weighted by Crippen LogP contribution is 2.53. The van der Waals surface area contributed by atoms with Crippen molar-refractivity contribution in [2.24, 2.45) is 0 Å². The number of alkyl halides is 6. The fraction of sp³-hybridized carbons (Fsp3) is 0.0290. The third-order valence-electron chi connectivity index (χ3n) is 15.8. The van der Waals surface area contributed by atoms with E-state index in [1.165, 1.54) is 12.1 Å². The molecule has 0 bridgehead atoms. The van der Waals surface area contributed by atoms with E-state index in [1.807, 2.05) is 185 Å². The molecule has 15 aromatic rings. The summed E-state index contributed by atoms with van der Waals surface area (Å²) in [5.74, 6) is 0. The fourth-order valence-electron chi connectivity index (χ4n) is 12.6. The van der Waals surface area contributed by atoms with E-state index >= 15 is 26.3 Å². The van der Waals surface area contributed by atoms with Crippen molar-refractivity contribution in [3.8, 4) is 51.1 Å². The second kappa shape index (κ2) is 17.3. The van der Waals surface area contributed by atoms with E-state index in [9.17, 15) is 5.26 Å². The average molecular weight is 1050 g/mol. The van der Waals surface area contributed by atoms with Crippen LogP contribution < -0.4 is 0 Å². The van der Waals surface area contributed by atoms with Crippen LogP contribution in [-0.2, 0) is 12.4 Å². The Hall–Kier alpha value is -10.3. The van der Waals surface area contributed by atoms with Gasteiger partial charge in [0.25, 0.3) is 0 Å². The van der Waals surface area contributed by atoms with Crippen LogP contribution >= 0.6 is 0 Å². The van der Waals surface area contributed by atoms with Gasteiger partial charge in [0.15, 0.2) is 0 Å². The Kier molecular flexibility index (Phi) is 10.2. The van der Waals surface area contributed by atoms with Gasteiger partial charge in [0.05, 0.1) is 77.9 Å². The summed E-state index contributed by atoms with van der Waals surface area (Å²) in [7, 11) is 0. The van der Waals surface area contributed by atoms with Crippen LogP contribution in [0.3, 0.4) is 0 Å². The lowest BCUT2D eigenvalue weighted by molar-refractivity contribution is -0.138. The summed E-state index contributed by atoms with van der Waals surface area (Å²) >= 11 is 0. The van der Waals surface area contributed by atoms with Crippen LogP contribution in [0.2, 0.25) is 0 Å². The quantitative estimate of drug-likeness (QED) is 0.153. The van der Waals surface area contributed by atoms with E-state index in [2.05, 4.69) is 39.5 Å². The Morgan fingerprint density at radius 1 is 0.300 bits per heavy atom. The molecule has 5 nitrogen and oxygen atoms in total. The van der Waals surface area contributed by atoms with Crippen LogP contribution in [0.1, 0.15) is 16.7 Å². The molecular formula is C69H39F6N5. The van der Waals surface area contributed by atoms with Gasteiger partial charge in [0.2, 0.25) is 0 Å². The second-order valence-electron chi connectivity index (χ2n) is 20.1. The standard InChI is InChI=1S/C69H39F6N5/c70-68(71,72)43-32-34-50-46-24-10-15-29-56(46)78(59(50)38-43)65-61(41-18-4-1-5-19-41)54(40-76)62(42-20-6-2-7-21-42)66(79-57-30-16-11-25-47(57)51-35-33-44(39-60(51)79)69(73,74)75)67(65)80-58-31-17-13-27-49(58)53-37-36-52-48-26-12-14-28-55(48)77(63(52)64(53)80)45-22-8-3-9-23-45/h1-39H. The maximum atomic E-state index is 15.4. The Morgan fingerprint density at radius 3 is 1.04 bits per heavy atom. The predicted octanol–water partition coefficient (Wildman–Crippen LogP) is 19.3. The number of halogens is 6. The summed E-state index contributed by atoms with van der Waals surface area (Å²) in [5, 5.41) is 18.2. The SMILES string of the molecule is N#Cc1c(-c2ccccc2)c(-n2c3ccccc3c3ccc(C(F)(F)F)cc32)c(-n2c3ccccc3c3ccc4c5ccccc5n(-c5ccccc5)c4c32)c(-n2c3ccccc3c3ccc(C(F)(F)F)cc32)c1-c1ccccc1. The van der Waals surface area contributed by atoms with Crippen LogP contribution in [0.15, 0.2) is 237 Å². The van der Waals surface area contributed by atoms with E-state index in [0.717, 1.165) is 62.5 Å². The van der Waals surface area contributed by atoms with E-state index in [0.29, 0.717) is 82.9 Å². The highest BCUT2D eigenvalue weighted by Gasteiger charge is 2.37. The first kappa shape index (κ1) is 46.9. The molecule has 0 amide bonds. The van der Waals surface area contributed by atoms with Crippen LogP contribution in [-0.4, -0.2) is 18.3 Å². The van der Waals surface area contributed by atoms with E-state index in [-0.39, 0.29) is 16.6 Å². The lowest BCUT2D eigenvalue weighted by Gasteiger charge is -2.29. The largest absolute Gasteiger partial charge is 0.416 e. The molecule has 0 saturated heterocycles. The molecule has 80 heavy (non-hydrogen) atoms. The molecule has 0 spiro atoms. The number of fused-ring (bicyclic) bond motifs is 13. The monoisotopic (exact) mass is 1050 g/mol. The maximum Gasteiger partial charge on any atom is 0.416 e. The molecule has 0 unspecified atom stereocenters. The van der Waals surface area contributed by atoms with E-state index < -0.39 is 23.5 Å². The molecule has 0 radical (unpaired) electrons. The minimum atomic E-state index is -4.76. The molecule has 382 valence electrons. The summed E-state index contributed by atoms with van der Waals surface area (Å²) in [5.41, 5.74) is 6.83. The van der Waals surface area contributed by atoms with Crippen molar-refractivity contribution >= 4 is 87.2 Å². The molecule has 15 rings (SSSR count). The van der Waals surface area contributed by atoms with Crippen LogP contribution in [0.5, 0.6) is 0 Å². The first-order chi connectivity index (χ1) is 39.0. The Labute approximate surface area is 451 Å². The fourth-order valence-corrected chi connectivity index (χ4v) is 12.6. The molecular weight excluding hydrogens is 1010 g/mol. The Bertz CT molecular complexity index is 4900. The zero-order chi connectivity index (χ0) is 54.2. The summed E-state index contributed by atoms with van der Waals surface area (Å²) in [6.45, 7) is 0. The number of hydrogen-bond acceptors (Lipinski definition) is 1. The Morgan fingerprint density at radius 2 is 0.625 bits per heavy atom. The van der Waals surface area contributed by atoms with Crippen molar-refractivity contribution in [2.45, 2.75) is 12.4 Å². The first-order valence-electron chi connectivity index (χ1n) is 26.0. The third-order valence-corrected chi connectivity index (χ3v) is 15.8. The summed E-state index contributed by atoms with van der Waals surface area (Å²) in [6, 6.07) is 74.1. The van der Waals surface area contributed by atoms with Crippen molar-refractivity contribution in [3.63, 3.8) is 0 Å². The minimum Gasteiger partial charge on any atom is -0.307 e. The minimum absolute atomic E-state index is 0.149. The van der Waals surface area contributed by atoms with Gasteiger partial charge in [-0.15, -0.1) is 0 Å². The molecule has 0 atom stereocenters. The van der Waals surface area contributed by atoms with Crippen molar-refractivity contribution in [3.05, 3.63) is 253 Å². The van der Waals surface area contributed by atoms with Crippen molar-refractivity contribution in [1.29, 1.82) is 5.26 Å². The van der Waals surface area contributed by atoms with Gasteiger partial charge in [-0.05, 0) is 71.8 Å². The molecule has 0 aliphatic heterocycles. The lowest BCUT2D eigenvalue weighted by atomic mass is 9.87. The smallest absolute Gasteiger partial charge is 0.307 e. The number of benzene rings is 11. The highest BCUT2D eigenvalue weighted by atomic mass is 19.4. The topological polar surface area (TPSA) is 43.5 Å². The average Bonchev–Trinajstić information content (AvgIpc) is 4.33. The number of rotatable bonds is 6. The van der Waals surface area contributed by atoms with Crippen molar-refractivity contribution in [2.75, 3.05) is 0 Å². The molecule has 0 aliphatic rings. The second-order valence-corrected chi connectivity index (χ2v) is 20.1. The lowest BCUT2D eigenvalue weighted by Crippen LogP contribution is -2.15. The molecule has 0 aliphatic carbocycles. The maximum absolute atomic E-state index is 15.4.